The fraction of sp³-hybridized carbons (Fsp3) is 0.462. The number of carboxylic acids is 1. The van der Waals surface area contributed by atoms with Crippen LogP contribution in [-0.2, 0) is 19.6 Å². The van der Waals surface area contributed by atoms with Crippen LogP contribution in [0.4, 0.5) is 5.69 Å². The highest BCUT2D eigenvalue weighted by Gasteiger charge is 2.22. The molecular weight excluding hydrogens is 282 g/mol. The lowest BCUT2D eigenvalue weighted by molar-refractivity contribution is -0.136. The molecule has 0 spiro atoms. The molecule has 0 saturated heterocycles. The molecule has 0 aliphatic carbocycles. The number of benzene rings is 1. The molecule has 1 aromatic carbocycles. The van der Waals surface area contributed by atoms with E-state index in [0.29, 0.717) is 12.3 Å². The van der Waals surface area contributed by atoms with E-state index in [9.17, 15) is 13.2 Å². The lowest BCUT2D eigenvalue weighted by atomic mass is 10.3. The summed E-state index contributed by atoms with van der Waals surface area (Å²) in [6, 6.07) is 8.47. The van der Waals surface area contributed by atoms with Crippen molar-refractivity contribution < 1.29 is 23.1 Å². The molecule has 6 nitrogen and oxygen atoms in total. The van der Waals surface area contributed by atoms with E-state index in [1.807, 2.05) is 0 Å². The minimum Gasteiger partial charge on any atom is -0.481 e. The summed E-state index contributed by atoms with van der Waals surface area (Å²) in [5, 5.41) is 8.74. The molecule has 1 rings (SSSR count). The van der Waals surface area contributed by atoms with Gasteiger partial charge in [-0.25, -0.2) is 8.42 Å². The van der Waals surface area contributed by atoms with Crippen molar-refractivity contribution in [2.45, 2.75) is 13.3 Å². The summed E-state index contributed by atoms with van der Waals surface area (Å²) in [6.07, 6.45) is -0.247. The Bertz CT molecular complexity index is 515. The summed E-state index contributed by atoms with van der Waals surface area (Å²) in [6.45, 7) is 2.23. The quantitative estimate of drug-likeness (QED) is 0.696. The molecule has 0 saturated carbocycles. The van der Waals surface area contributed by atoms with Gasteiger partial charge >= 0.3 is 5.97 Å². The monoisotopic (exact) mass is 301 g/mol. The Balaban J connectivity index is 2.89. The summed E-state index contributed by atoms with van der Waals surface area (Å²) in [4.78, 5) is 10.7. The average Bonchev–Trinajstić information content (AvgIpc) is 2.39. The van der Waals surface area contributed by atoms with E-state index in [2.05, 4.69) is 0 Å². The molecule has 0 amide bonds. The van der Waals surface area contributed by atoms with Gasteiger partial charge in [-0.15, -0.1) is 0 Å². The van der Waals surface area contributed by atoms with Crippen LogP contribution in [0.1, 0.15) is 13.3 Å². The summed E-state index contributed by atoms with van der Waals surface area (Å²) >= 11 is 0. The normalized spacial score (nSPS) is 11.2. The van der Waals surface area contributed by atoms with Gasteiger partial charge < -0.3 is 9.84 Å². The lowest BCUT2D eigenvalue weighted by Crippen LogP contribution is -2.36. The third-order valence-corrected chi connectivity index (χ3v) is 4.35. The second kappa shape index (κ2) is 7.86. The number of hydrogen-bond acceptors (Lipinski definition) is 4. The molecule has 0 atom stereocenters. The van der Waals surface area contributed by atoms with Gasteiger partial charge in [0.2, 0.25) is 10.0 Å². The van der Waals surface area contributed by atoms with Crippen LogP contribution in [0.15, 0.2) is 30.3 Å². The van der Waals surface area contributed by atoms with Gasteiger partial charge in [0.15, 0.2) is 0 Å². The molecule has 20 heavy (non-hydrogen) atoms. The number of aliphatic carboxylic acids is 1. The van der Waals surface area contributed by atoms with E-state index in [4.69, 9.17) is 9.84 Å². The Kier molecular flexibility index (Phi) is 6.47. The van der Waals surface area contributed by atoms with Gasteiger partial charge in [0.05, 0.1) is 24.5 Å². The number of hydrogen-bond donors (Lipinski definition) is 1. The van der Waals surface area contributed by atoms with E-state index < -0.39 is 16.0 Å². The number of sulfonamides is 1. The van der Waals surface area contributed by atoms with Gasteiger partial charge in [0, 0.05) is 13.2 Å². The number of para-hydroxylation sites is 1. The van der Waals surface area contributed by atoms with Crippen LogP contribution < -0.4 is 4.31 Å². The molecule has 0 aliphatic heterocycles. The zero-order chi connectivity index (χ0) is 15.0. The number of ether oxygens (including phenoxy) is 1. The van der Waals surface area contributed by atoms with Crippen LogP contribution in [-0.4, -0.2) is 45.0 Å². The molecule has 0 heterocycles. The Morgan fingerprint density at radius 2 is 1.95 bits per heavy atom. The number of nitrogens with zero attached hydrogens (tertiary/aromatic N) is 1. The van der Waals surface area contributed by atoms with Crippen LogP contribution in [0.2, 0.25) is 0 Å². The Labute approximate surface area is 119 Å². The molecule has 0 unspecified atom stereocenters. The molecule has 0 bridgehead atoms. The van der Waals surface area contributed by atoms with E-state index in [-0.39, 0.29) is 25.3 Å². The minimum atomic E-state index is -3.60. The number of carboxylic acid groups (broad SMARTS) is 1. The molecule has 0 radical (unpaired) electrons. The largest absolute Gasteiger partial charge is 0.481 e. The second-order valence-corrected chi connectivity index (χ2v) is 6.08. The highest BCUT2D eigenvalue weighted by molar-refractivity contribution is 7.92. The molecule has 0 aliphatic rings. The van der Waals surface area contributed by atoms with Crippen LogP contribution in [0.25, 0.3) is 0 Å². The van der Waals surface area contributed by atoms with E-state index in [0.717, 1.165) is 4.31 Å². The van der Waals surface area contributed by atoms with E-state index in [1.54, 1.807) is 37.3 Å². The van der Waals surface area contributed by atoms with Crippen molar-refractivity contribution in [2.75, 3.05) is 29.8 Å². The van der Waals surface area contributed by atoms with E-state index >= 15 is 0 Å². The first-order valence-electron chi connectivity index (χ1n) is 6.32. The van der Waals surface area contributed by atoms with Gasteiger partial charge in [0.25, 0.3) is 0 Å². The maximum absolute atomic E-state index is 12.3. The predicted molar refractivity (Wildman–Crippen MR) is 76.3 cm³/mol. The first kappa shape index (κ1) is 16.5. The number of carbonyl (C=O) groups is 1. The number of anilines is 1. The average molecular weight is 301 g/mol. The topological polar surface area (TPSA) is 83.9 Å². The van der Waals surface area contributed by atoms with Gasteiger partial charge in [0.1, 0.15) is 0 Å². The first-order chi connectivity index (χ1) is 9.47. The molecule has 7 heteroatoms. The van der Waals surface area contributed by atoms with Gasteiger partial charge in [-0.3, -0.25) is 9.10 Å². The zero-order valence-corrected chi connectivity index (χ0v) is 12.2. The maximum atomic E-state index is 12.3. The zero-order valence-electron chi connectivity index (χ0n) is 11.4. The maximum Gasteiger partial charge on any atom is 0.305 e. The van der Waals surface area contributed by atoms with Gasteiger partial charge in [-0.05, 0) is 19.1 Å². The summed E-state index contributed by atoms with van der Waals surface area (Å²) in [5.41, 5.74) is 0.463. The third kappa shape index (κ3) is 5.18. The Hall–Kier alpha value is -1.60. The lowest BCUT2D eigenvalue weighted by Gasteiger charge is -2.23. The van der Waals surface area contributed by atoms with Crippen LogP contribution in [0, 0.1) is 0 Å². The minimum absolute atomic E-state index is 0.0895. The fourth-order valence-corrected chi connectivity index (χ4v) is 3.00. The fourth-order valence-electron chi connectivity index (χ4n) is 1.64. The van der Waals surface area contributed by atoms with Crippen molar-refractivity contribution in [1.82, 2.24) is 0 Å². The molecule has 1 aromatic rings. The molecule has 0 fully saturated rings. The van der Waals surface area contributed by atoms with Crippen LogP contribution >= 0.6 is 0 Å². The molecular formula is C13H19NO5S. The standard InChI is InChI=1S/C13H19NO5S/c1-2-19-10-11-20(17,18)14(9-8-13(15)16)12-6-4-3-5-7-12/h3-7H,2,8-11H2,1H3,(H,15,16). The van der Waals surface area contributed by atoms with Crippen molar-refractivity contribution in [1.29, 1.82) is 0 Å². The molecule has 112 valence electrons. The summed E-state index contributed by atoms with van der Waals surface area (Å²) in [5.74, 6) is -1.21. The van der Waals surface area contributed by atoms with Crippen molar-refractivity contribution in [3.8, 4) is 0 Å². The highest BCUT2D eigenvalue weighted by Crippen LogP contribution is 2.18. The summed E-state index contributed by atoms with van der Waals surface area (Å²) < 4.78 is 30.7. The smallest absolute Gasteiger partial charge is 0.305 e. The van der Waals surface area contributed by atoms with Crippen LogP contribution in [0.5, 0.6) is 0 Å². The predicted octanol–water partition coefficient (Wildman–Crippen LogP) is 1.33. The SMILES string of the molecule is CCOCCS(=O)(=O)N(CCC(=O)O)c1ccccc1. The Morgan fingerprint density at radius 3 is 2.50 bits per heavy atom. The number of rotatable bonds is 9. The Morgan fingerprint density at radius 1 is 1.30 bits per heavy atom. The molecule has 0 aromatic heterocycles. The van der Waals surface area contributed by atoms with Crippen molar-refractivity contribution in [2.24, 2.45) is 0 Å². The molecule has 1 N–H and O–H groups in total. The van der Waals surface area contributed by atoms with Gasteiger partial charge in [-0.1, -0.05) is 18.2 Å². The van der Waals surface area contributed by atoms with E-state index in [1.165, 1.54) is 0 Å². The van der Waals surface area contributed by atoms with Crippen molar-refractivity contribution >= 4 is 21.7 Å². The van der Waals surface area contributed by atoms with Crippen molar-refractivity contribution in [3.63, 3.8) is 0 Å². The van der Waals surface area contributed by atoms with Crippen molar-refractivity contribution in [3.05, 3.63) is 30.3 Å². The van der Waals surface area contributed by atoms with Crippen LogP contribution in [0.3, 0.4) is 0 Å². The van der Waals surface area contributed by atoms with Gasteiger partial charge in [-0.2, -0.15) is 0 Å². The first-order valence-corrected chi connectivity index (χ1v) is 7.93. The highest BCUT2D eigenvalue weighted by atomic mass is 32.2. The summed E-state index contributed by atoms with van der Waals surface area (Å²) in [7, 11) is -3.60. The third-order valence-electron chi connectivity index (χ3n) is 2.60. The second-order valence-electron chi connectivity index (χ2n) is 4.06.